The van der Waals surface area contributed by atoms with Gasteiger partial charge in [-0.25, -0.2) is 4.90 Å². The van der Waals surface area contributed by atoms with Gasteiger partial charge in [-0.05, 0) is 59.3 Å². The molecule has 2 amide bonds. The van der Waals surface area contributed by atoms with Gasteiger partial charge in [-0.2, -0.15) is 0 Å². The van der Waals surface area contributed by atoms with E-state index in [2.05, 4.69) is 15.9 Å². The summed E-state index contributed by atoms with van der Waals surface area (Å²) in [6.07, 6.45) is 5.06. The summed E-state index contributed by atoms with van der Waals surface area (Å²) in [5.41, 5.74) is 2.79. The molecule has 7 nitrogen and oxygen atoms in total. The predicted octanol–water partition coefficient (Wildman–Crippen LogP) is 5.14. The number of benzene rings is 3. The van der Waals surface area contributed by atoms with Crippen LogP contribution in [0.2, 0.25) is 0 Å². The molecule has 4 atom stereocenters. The van der Waals surface area contributed by atoms with E-state index in [0.29, 0.717) is 32.6 Å². The standard InChI is InChI=1S/C32H25BrN2O5/c1-18-8-11-22(12-9-18)35-31(38)26-24-17-21(29(36)19-6-4-3-5-7-19)14-15-34(24)28(27(26)32(35)39)30(37)20-10-13-25(40-2)23(33)16-20/h3-17,24,26-28H,1-2H3. The number of imide groups is 1. The number of carbonyl (C=O) groups is 4. The van der Waals surface area contributed by atoms with E-state index in [1.54, 1.807) is 77.8 Å². The second-order valence-corrected chi connectivity index (χ2v) is 11.0. The summed E-state index contributed by atoms with van der Waals surface area (Å²) in [6, 6.07) is 19.5. The Morgan fingerprint density at radius 2 is 1.57 bits per heavy atom. The molecule has 0 N–H and O–H groups in total. The van der Waals surface area contributed by atoms with Crippen LogP contribution in [0.4, 0.5) is 5.69 Å². The van der Waals surface area contributed by atoms with Crippen molar-refractivity contribution in [2.75, 3.05) is 12.0 Å². The van der Waals surface area contributed by atoms with Gasteiger partial charge in [0.25, 0.3) is 0 Å². The number of aryl methyl sites for hydroxylation is 1. The van der Waals surface area contributed by atoms with Crippen molar-refractivity contribution in [1.82, 2.24) is 4.90 Å². The molecule has 200 valence electrons. The van der Waals surface area contributed by atoms with Crippen molar-refractivity contribution in [3.05, 3.63) is 118 Å². The number of fused-ring (bicyclic) bond motifs is 3. The summed E-state index contributed by atoms with van der Waals surface area (Å²) in [4.78, 5) is 58.2. The Morgan fingerprint density at radius 1 is 0.875 bits per heavy atom. The topological polar surface area (TPSA) is 84.0 Å². The quantitative estimate of drug-likeness (QED) is 0.289. The number of rotatable bonds is 6. The Hall–Kier alpha value is -4.30. The smallest absolute Gasteiger partial charge is 0.240 e. The van der Waals surface area contributed by atoms with Crippen LogP contribution in [0, 0.1) is 18.8 Å². The molecule has 3 aliphatic heterocycles. The van der Waals surface area contributed by atoms with Crippen LogP contribution < -0.4 is 9.64 Å². The van der Waals surface area contributed by atoms with Crippen LogP contribution >= 0.6 is 15.9 Å². The first-order chi connectivity index (χ1) is 19.3. The molecule has 8 heteroatoms. The number of amides is 2. The third-order valence-electron chi connectivity index (χ3n) is 7.84. The van der Waals surface area contributed by atoms with E-state index in [1.807, 2.05) is 25.1 Å². The van der Waals surface area contributed by atoms with E-state index in [1.165, 1.54) is 12.0 Å². The Bertz CT molecular complexity index is 1610. The van der Waals surface area contributed by atoms with Crippen molar-refractivity contribution in [3.8, 4) is 5.75 Å². The maximum Gasteiger partial charge on any atom is 0.240 e. The van der Waals surface area contributed by atoms with Crippen molar-refractivity contribution >= 4 is 45.0 Å². The van der Waals surface area contributed by atoms with Crippen molar-refractivity contribution in [2.45, 2.75) is 19.0 Å². The van der Waals surface area contributed by atoms with Gasteiger partial charge < -0.3 is 9.64 Å². The molecule has 0 spiro atoms. The number of methoxy groups -OCH3 is 1. The molecule has 0 saturated carbocycles. The monoisotopic (exact) mass is 596 g/mol. The lowest BCUT2D eigenvalue weighted by atomic mass is 9.85. The van der Waals surface area contributed by atoms with Gasteiger partial charge in [-0.3, -0.25) is 19.2 Å². The van der Waals surface area contributed by atoms with Crippen LogP contribution in [0.5, 0.6) is 5.75 Å². The molecule has 3 aliphatic rings. The van der Waals surface area contributed by atoms with E-state index in [-0.39, 0.29) is 17.5 Å². The van der Waals surface area contributed by atoms with Gasteiger partial charge >= 0.3 is 0 Å². The summed E-state index contributed by atoms with van der Waals surface area (Å²) >= 11 is 3.44. The molecule has 3 aromatic rings. The van der Waals surface area contributed by atoms with E-state index in [9.17, 15) is 19.2 Å². The van der Waals surface area contributed by atoms with E-state index in [0.717, 1.165) is 5.56 Å². The summed E-state index contributed by atoms with van der Waals surface area (Å²) in [7, 11) is 1.54. The van der Waals surface area contributed by atoms with Crippen LogP contribution in [-0.4, -0.2) is 47.5 Å². The van der Waals surface area contributed by atoms with Gasteiger partial charge in [-0.15, -0.1) is 0 Å². The lowest BCUT2D eigenvalue weighted by Crippen LogP contribution is -2.46. The zero-order valence-electron chi connectivity index (χ0n) is 21.8. The van der Waals surface area contributed by atoms with E-state index >= 15 is 0 Å². The van der Waals surface area contributed by atoms with Crippen LogP contribution in [-0.2, 0) is 9.59 Å². The van der Waals surface area contributed by atoms with Crippen LogP contribution in [0.1, 0.15) is 26.3 Å². The molecule has 3 aromatic carbocycles. The summed E-state index contributed by atoms with van der Waals surface area (Å²) in [5.74, 6) is -2.44. The summed E-state index contributed by atoms with van der Waals surface area (Å²) in [6.45, 7) is 1.93. The number of allylic oxidation sites excluding steroid dienone is 2. The summed E-state index contributed by atoms with van der Waals surface area (Å²) < 4.78 is 5.91. The molecule has 0 radical (unpaired) electrons. The number of anilines is 1. The van der Waals surface area contributed by atoms with Gasteiger partial charge in [0.2, 0.25) is 11.8 Å². The van der Waals surface area contributed by atoms with Gasteiger partial charge in [0.1, 0.15) is 11.8 Å². The fourth-order valence-electron chi connectivity index (χ4n) is 5.89. The fraction of sp³-hybridized carbons (Fsp3) is 0.188. The second kappa shape index (κ2) is 10.0. The van der Waals surface area contributed by atoms with Gasteiger partial charge in [0.05, 0.1) is 35.1 Å². The minimum absolute atomic E-state index is 0.186. The molecule has 0 aromatic heterocycles. The Kier molecular flexibility index (Phi) is 6.50. The second-order valence-electron chi connectivity index (χ2n) is 10.1. The normalized spacial score (nSPS) is 23.1. The van der Waals surface area contributed by atoms with Gasteiger partial charge in [-0.1, -0.05) is 54.1 Å². The molecule has 3 heterocycles. The minimum Gasteiger partial charge on any atom is -0.496 e. The molecule has 0 bridgehead atoms. The zero-order valence-corrected chi connectivity index (χ0v) is 23.4. The maximum absolute atomic E-state index is 14.1. The van der Waals surface area contributed by atoms with Crippen molar-refractivity contribution in [2.24, 2.45) is 11.8 Å². The number of nitrogens with zero attached hydrogens (tertiary/aromatic N) is 2. The van der Waals surface area contributed by atoms with Crippen LogP contribution in [0.15, 0.2) is 101 Å². The number of hydrogen-bond donors (Lipinski definition) is 0. The largest absolute Gasteiger partial charge is 0.496 e. The SMILES string of the molecule is COc1ccc(C(=O)C2C3C(=O)N(c4ccc(C)cc4)C(=O)C3C3C=C(C(=O)c4ccccc4)C=CN32)cc1Br. The first-order valence-corrected chi connectivity index (χ1v) is 13.7. The number of ketones is 2. The third-order valence-corrected chi connectivity index (χ3v) is 8.46. The molecule has 2 fully saturated rings. The minimum atomic E-state index is -0.928. The predicted molar refractivity (Wildman–Crippen MR) is 153 cm³/mol. The Balaban J connectivity index is 1.43. The maximum atomic E-state index is 14.1. The highest BCUT2D eigenvalue weighted by Gasteiger charge is 2.63. The molecule has 0 aliphatic carbocycles. The fourth-order valence-corrected chi connectivity index (χ4v) is 6.43. The Morgan fingerprint density at radius 3 is 2.25 bits per heavy atom. The molecule has 2 saturated heterocycles. The Labute approximate surface area is 239 Å². The van der Waals surface area contributed by atoms with Crippen molar-refractivity contribution < 1.29 is 23.9 Å². The molecular weight excluding hydrogens is 572 g/mol. The lowest BCUT2D eigenvalue weighted by molar-refractivity contribution is -0.123. The molecule has 6 rings (SSSR count). The zero-order chi connectivity index (χ0) is 28.1. The highest BCUT2D eigenvalue weighted by Crippen LogP contribution is 2.47. The molecule has 4 unspecified atom stereocenters. The first kappa shape index (κ1) is 26.0. The van der Waals surface area contributed by atoms with Crippen LogP contribution in [0.25, 0.3) is 0 Å². The van der Waals surface area contributed by atoms with Gasteiger partial charge in [0, 0.05) is 22.9 Å². The first-order valence-electron chi connectivity index (χ1n) is 12.9. The molecule has 40 heavy (non-hydrogen) atoms. The number of carbonyl (C=O) groups excluding carboxylic acids is 4. The van der Waals surface area contributed by atoms with E-state index < -0.39 is 29.8 Å². The highest BCUT2D eigenvalue weighted by molar-refractivity contribution is 9.10. The number of Topliss-reactive ketones (excluding diaryl/α,β-unsaturated/α-hetero) is 2. The van der Waals surface area contributed by atoms with Gasteiger partial charge in [0.15, 0.2) is 11.6 Å². The van der Waals surface area contributed by atoms with Crippen molar-refractivity contribution in [1.29, 1.82) is 0 Å². The molecular formula is C32H25BrN2O5. The average Bonchev–Trinajstić information content (AvgIpc) is 3.44. The van der Waals surface area contributed by atoms with E-state index in [4.69, 9.17) is 4.74 Å². The highest BCUT2D eigenvalue weighted by atomic mass is 79.9. The summed E-state index contributed by atoms with van der Waals surface area (Å²) in [5, 5.41) is 0. The average molecular weight is 597 g/mol. The number of ether oxygens (including phenoxy) is 1. The third kappa shape index (κ3) is 4.10. The van der Waals surface area contributed by atoms with Crippen LogP contribution in [0.3, 0.4) is 0 Å². The van der Waals surface area contributed by atoms with Crippen molar-refractivity contribution in [3.63, 3.8) is 0 Å². The number of halogens is 1. The lowest BCUT2D eigenvalue weighted by Gasteiger charge is -2.33. The number of hydrogen-bond acceptors (Lipinski definition) is 6.